The number of carbonyl (C=O) groups excluding carboxylic acids is 2. The van der Waals surface area contributed by atoms with Crippen molar-refractivity contribution in [2.75, 3.05) is 6.61 Å². The number of ether oxygens (including phenoxy) is 1. The number of amides is 1. The quantitative estimate of drug-likeness (QED) is 0.676. The lowest BCUT2D eigenvalue weighted by Crippen LogP contribution is -2.04. The number of furan rings is 1. The van der Waals surface area contributed by atoms with Gasteiger partial charge in [0, 0.05) is 11.6 Å². The molecule has 0 radical (unpaired) electrons. The summed E-state index contributed by atoms with van der Waals surface area (Å²) in [7, 11) is 0. The number of nitrogens with two attached hydrogens (primary N) is 1. The Morgan fingerprint density at radius 2 is 1.90 bits per heavy atom. The van der Waals surface area contributed by atoms with Crippen LogP contribution in [0.2, 0.25) is 0 Å². The average molecular weight is 285 g/mol. The predicted octanol–water partition coefficient (Wildman–Crippen LogP) is 2.62. The molecule has 1 aromatic carbocycles. The Kier molecular flexibility index (Phi) is 4.56. The fraction of sp³-hybridized carbons (Fsp3) is 0.125. The van der Waals surface area contributed by atoms with E-state index in [4.69, 9.17) is 14.9 Å². The first-order chi connectivity index (χ1) is 10.1. The Morgan fingerprint density at radius 3 is 2.52 bits per heavy atom. The molecule has 0 spiro atoms. The van der Waals surface area contributed by atoms with E-state index < -0.39 is 5.91 Å². The summed E-state index contributed by atoms with van der Waals surface area (Å²) in [6.45, 7) is 2.10. The number of hydrogen-bond acceptors (Lipinski definition) is 4. The highest BCUT2D eigenvalue weighted by atomic mass is 16.5. The lowest BCUT2D eigenvalue weighted by Gasteiger charge is -2.02. The van der Waals surface area contributed by atoms with Gasteiger partial charge in [-0.2, -0.15) is 0 Å². The molecule has 0 unspecified atom stereocenters. The Balaban J connectivity index is 2.15. The molecule has 0 aliphatic carbocycles. The van der Waals surface area contributed by atoms with Gasteiger partial charge in [0.05, 0.1) is 12.2 Å². The fourth-order valence-electron chi connectivity index (χ4n) is 1.75. The van der Waals surface area contributed by atoms with Crippen molar-refractivity contribution >= 4 is 18.0 Å². The minimum atomic E-state index is -0.535. The molecule has 1 amide bonds. The van der Waals surface area contributed by atoms with Gasteiger partial charge in [0.15, 0.2) is 0 Å². The summed E-state index contributed by atoms with van der Waals surface area (Å²) in [4.78, 5) is 22.2. The molecular formula is C16H15NO4. The second-order valence-corrected chi connectivity index (χ2v) is 4.24. The number of benzene rings is 1. The molecule has 2 N–H and O–H groups in total. The highest BCUT2D eigenvalue weighted by Crippen LogP contribution is 2.23. The molecule has 0 saturated carbocycles. The SMILES string of the molecule is CCOC(=O)c1ccc(-c2ccc(C=CC(N)=O)o2)cc1. The van der Waals surface area contributed by atoms with E-state index in [0.717, 1.165) is 5.56 Å². The summed E-state index contributed by atoms with van der Waals surface area (Å²) in [5.74, 6) is 0.271. The molecule has 1 heterocycles. The number of carbonyl (C=O) groups is 2. The Morgan fingerprint density at radius 1 is 1.19 bits per heavy atom. The first-order valence-electron chi connectivity index (χ1n) is 6.45. The van der Waals surface area contributed by atoms with Crippen LogP contribution in [0.15, 0.2) is 46.9 Å². The number of hydrogen-bond donors (Lipinski definition) is 1. The van der Waals surface area contributed by atoms with Crippen LogP contribution in [0.5, 0.6) is 0 Å². The molecule has 21 heavy (non-hydrogen) atoms. The van der Waals surface area contributed by atoms with Gasteiger partial charge >= 0.3 is 5.97 Å². The topological polar surface area (TPSA) is 82.5 Å². The molecule has 0 aliphatic heterocycles. The van der Waals surface area contributed by atoms with E-state index in [1.165, 1.54) is 12.2 Å². The van der Waals surface area contributed by atoms with Crippen LogP contribution >= 0.6 is 0 Å². The Labute approximate surface area is 122 Å². The number of rotatable bonds is 5. The van der Waals surface area contributed by atoms with Gasteiger partial charge in [-0.3, -0.25) is 4.79 Å². The molecular weight excluding hydrogens is 270 g/mol. The summed E-state index contributed by atoms with van der Waals surface area (Å²) in [6, 6.07) is 10.4. The molecule has 108 valence electrons. The molecule has 2 rings (SSSR count). The maximum atomic E-state index is 11.5. The van der Waals surface area contributed by atoms with Crippen molar-refractivity contribution in [3.63, 3.8) is 0 Å². The first-order valence-corrected chi connectivity index (χ1v) is 6.45. The zero-order chi connectivity index (χ0) is 15.2. The Hall–Kier alpha value is -2.82. The molecule has 0 bridgehead atoms. The van der Waals surface area contributed by atoms with Gasteiger partial charge in [-0.25, -0.2) is 4.79 Å². The van der Waals surface area contributed by atoms with Crippen LogP contribution in [0.25, 0.3) is 17.4 Å². The van der Waals surface area contributed by atoms with Crippen LogP contribution in [0.4, 0.5) is 0 Å². The number of primary amides is 1. The number of esters is 1. The molecule has 2 aromatic rings. The van der Waals surface area contributed by atoms with Crippen molar-refractivity contribution in [2.45, 2.75) is 6.92 Å². The lowest BCUT2D eigenvalue weighted by molar-refractivity contribution is -0.113. The van der Waals surface area contributed by atoms with Gasteiger partial charge in [0.2, 0.25) is 5.91 Å². The van der Waals surface area contributed by atoms with E-state index in [-0.39, 0.29) is 5.97 Å². The van der Waals surface area contributed by atoms with Gasteiger partial charge < -0.3 is 14.9 Å². The normalized spacial score (nSPS) is 10.7. The van der Waals surface area contributed by atoms with Gasteiger partial charge in [0.1, 0.15) is 11.5 Å². The molecule has 0 aliphatic rings. The zero-order valence-corrected chi connectivity index (χ0v) is 11.5. The van der Waals surface area contributed by atoms with E-state index in [0.29, 0.717) is 23.7 Å². The summed E-state index contributed by atoms with van der Waals surface area (Å²) in [5.41, 5.74) is 6.32. The van der Waals surface area contributed by atoms with E-state index in [1.807, 2.05) is 0 Å². The van der Waals surface area contributed by atoms with Crippen LogP contribution in [0.3, 0.4) is 0 Å². The third-order valence-electron chi connectivity index (χ3n) is 2.72. The van der Waals surface area contributed by atoms with E-state index in [1.54, 1.807) is 43.3 Å². The first kappa shape index (κ1) is 14.6. The smallest absolute Gasteiger partial charge is 0.338 e. The molecule has 5 heteroatoms. The molecule has 0 atom stereocenters. The van der Waals surface area contributed by atoms with Crippen LogP contribution in [0, 0.1) is 0 Å². The van der Waals surface area contributed by atoms with E-state index in [2.05, 4.69) is 0 Å². The van der Waals surface area contributed by atoms with Gasteiger partial charge in [-0.05, 0) is 37.3 Å². The predicted molar refractivity (Wildman–Crippen MR) is 78.3 cm³/mol. The molecule has 1 aromatic heterocycles. The lowest BCUT2D eigenvalue weighted by atomic mass is 10.1. The largest absolute Gasteiger partial charge is 0.462 e. The van der Waals surface area contributed by atoms with Crippen molar-refractivity contribution in [3.05, 3.63) is 53.8 Å². The third-order valence-corrected chi connectivity index (χ3v) is 2.72. The highest BCUT2D eigenvalue weighted by Gasteiger charge is 2.08. The van der Waals surface area contributed by atoms with E-state index >= 15 is 0 Å². The maximum Gasteiger partial charge on any atom is 0.338 e. The second-order valence-electron chi connectivity index (χ2n) is 4.24. The van der Waals surface area contributed by atoms with Crippen molar-refractivity contribution in [1.82, 2.24) is 0 Å². The molecule has 0 fully saturated rings. The van der Waals surface area contributed by atoms with Gasteiger partial charge in [-0.15, -0.1) is 0 Å². The maximum absolute atomic E-state index is 11.5. The third kappa shape index (κ3) is 3.82. The van der Waals surface area contributed by atoms with Crippen molar-refractivity contribution < 1.29 is 18.7 Å². The van der Waals surface area contributed by atoms with Gasteiger partial charge in [0.25, 0.3) is 0 Å². The van der Waals surface area contributed by atoms with Crippen LogP contribution in [0.1, 0.15) is 23.0 Å². The molecule has 5 nitrogen and oxygen atoms in total. The Bertz CT molecular complexity index is 668. The summed E-state index contributed by atoms with van der Waals surface area (Å²) in [6.07, 6.45) is 2.73. The van der Waals surface area contributed by atoms with Crippen LogP contribution in [-0.4, -0.2) is 18.5 Å². The van der Waals surface area contributed by atoms with Crippen molar-refractivity contribution in [2.24, 2.45) is 5.73 Å². The van der Waals surface area contributed by atoms with Crippen molar-refractivity contribution in [1.29, 1.82) is 0 Å². The summed E-state index contributed by atoms with van der Waals surface area (Å²) < 4.78 is 10.5. The zero-order valence-electron chi connectivity index (χ0n) is 11.5. The van der Waals surface area contributed by atoms with E-state index in [9.17, 15) is 9.59 Å². The second kappa shape index (κ2) is 6.56. The van der Waals surface area contributed by atoms with Crippen molar-refractivity contribution in [3.8, 4) is 11.3 Å². The fourth-order valence-corrected chi connectivity index (χ4v) is 1.75. The monoisotopic (exact) mass is 285 g/mol. The average Bonchev–Trinajstić information content (AvgIpc) is 2.94. The minimum absolute atomic E-state index is 0.342. The molecule has 0 saturated heterocycles. The highest BCUT2D eigenvalue weighted by molar-refractivity contribution is 5.90. The standard InChI is InChI=1S/C16H15NO4/c1-2-20-16(19)12-5-3-11(4-6-12)14-9-7-13(21-14)8-10-15(17)18/h3-10H,2H2,1H3,(H2,17,18). The summed E-state index contributed by atoms with van der Waals surface area (Å²) in [5, 5.41) is 0. The van der Waals surface area contributed by atoms with Crippen LogP contribution < -0.4 is 5.73 Å². The van der Waals surface area contributed by atoms with Gasteiger partial charge in [-0.1, -0.05) is 12.1 Å². The summed E-state index contributed by atoms with van der Waals surface area (Å²) >= 11 is 0. The van der Waals surface area contributed by atoms with Crippen LogP contribution in [-0.2, 0) is 9.53 Å². The minimum Gasteiger partial charge on any atom is -0.462 e.